The highest BCUT2D eigenvalue weighted by molar-refractivity contribution is 7.07. The molecule has 0 spiro atoms. The minimum absolute atomic E-state index is 0.549. The van der Waals surface area contributed by atoms with Gasteiger partial charge in [0.15, 0.2) is 0 Å². The highest BCUT2D eigenvalue weighted by Gasteiger charge is 2.11. The Morgan fingerprint density at radius 1 is 1.11 bits per heavy atom. The van der Waals surface area contributed by atoms with Gasteiger partial charge in [-0.2, -0.15) is 5.10 Å². The molecular weight excluding hydrogens is 364 g/mol. The van der Waals surface area contributed by atoms with E-state index in [-0.39, 0.29) is 0 Å². The lowest BCUT2D eigenvalue weighted by molar-refractivity contribution is 0.834. The van der Waals surface area contributed by atoms with Gasteiger partial charge in [-0.15, -0.1) is 17.9 Å². The molecule has 2 aromatic carbocycles. The summed E-state index contributed by atoms with van der Waals surface area (Å²) in [5.74, 6) is 0. The van der Waals surface area contributed by atoms with E-state index in [2.05, 4.69) is 64.4 Å². The third-order valence-electron chi connectivity index (χ3n) is 4.39. The van der Waals surface area contributed by atoms with Crippen LogP contribution in [0.4, 0.5) is 0 Å². The average Bonchev–Trinajstić information content (AvgIpc) is 3.14. The van der Waals surface area contributed by atoms with Crippen molar-refractivity contribution >= 4 is 27.8 Å². The van der Waals surface area contributed by atoms with Gasteiger partial charge in [0.05, 0.1) is 23.6 Å². The molecule has 0 aliphatic carbocycles. The lowest BCUT2D eigenvalue weighted by atomic mass is 10.0. The van der Waals surface area contributed by atoms with Crippen LogP contribution >= 0.6 is 11.3 Å². The first-order valence-corrected chi connectivity index (χ1v) is 9.93. The van der Waals surface area contributed by atoms with Gasteiger partial charge in [0, 0.05) is 17.1 Å². The Bertz CT molecular complexity index is 1210. The first-order valence-electron chi connectivity index (χ1n) is 9.05. The van der Waals surface area contributed by atoms with Crippen LogP contribution < -0.4 is 4.80 Å². The van der Waals surface area contributed by atoms with Crippen molar-refractivity contribution in [3.8, 4) is 11.3 Å². The predicted octanol–water partition coefficient (Wildman–Crippen LogP) is 5.12. The minimum Gasteiger partial charge on any atom is -0.255 e. The van der Waals surface area contributed by atoms with Crippen LogP contribution in [-0.2, 0) is 0 Å². The monoisotopic (exact) mass is 384 g/mol. The van der Waals surface area contributed by atoms with E-state index in [9.17, 15) is 0 Å². The number of rotatable bonds is 5. The number of benzene rings is 2. The van der Waals surface area contributed by atoms with E-state index in [1.807, 2.05) is 29.8 Å². The van der Waals surface area contributed by atoms with Crippen LogP contribution in [-0.4, -0.2) is 21.9 Å². The Labute approximate surface area is 167 Å². The van der Waals surface area contributed by atoms with Crippen molar-refractivity contribution in [1.29, 1.82) is 0 Å². The molecule has 4 rings (SSSR count). The molecule has 0 amide bonds. The molecule has 0 saturated heterocycles. The summed E-state index contributed by atoms with van der Waals surface area (Å²) >= 11 is 1.58. The Morgan fingerprint density at radius 2 is 1.93 bits per heavy atom. The van der Waals surface area contributed by atoms with E-state index >= 15 is 0 Å². The predicted molar refractivity (Wildman–Crippen MR) is 118 cm³/mol. The van der Waals surface area contributed by atoms with Crippen molar-refractivity contribution in [2.75, 3.05) is 6.54 Å². The molecule has 4 aromatic rings. The minimum atomic E-state index is 0.549. The zero-order valence-corrected chi connectivity index (χ0v) is 16.4. The number of pyridine rings is 1. The highest BCUT2D eigenvalue weighted by atomic mass is 32.1. The maximum atomic E-state index is 4.88. The van der Waals surface area contributed by atoms with Crippen molar-refractivity contribution in [1.82, 2.24) is 9.66 Å². The van der Waals surface area contributed by atoms with Gasteiger partial charge in [-0.1, -0.05) is 54.6 Å². The number of fused-ring (bicyclic) bond motifs is 1. The van der Waals surface area contributed by atoms with Gasteiger partial charge in [-0.3, -0.25) is 9.98 Å². The number of thiazole rings is 1. The molecule has 138 valence electrons. The zero-order valence-electron chi connectivity index (χ0n) is 15.6. The Balaban J connectivity index is 1.94. The van der Waals surface area contributed by atoms with E-state index in [4.69, 9.17) is 5.10 Å². The molecule has 5 heteroatoms. The van der Waals surface area contributed by atoms with E-state index in [1.165, 1.54) is 10.8 Å². The van der Waals surface area contributed by atoms with Crippen molar-refractivity contribution < 1.29 is 0 Å². The Hall–Kier alpha value is -3.31. The van der Waals surface area contributed by atoms with Crippen LogP contribution in [0, 0.1) is 0 Å². The molecule has 2 aromatic heterocycles. The molecule has 0 fully saturated rings. The highest BCUT2D eigenvalue weighted by Crippen LogP contribution is 2.29. The molecule has 0 atom stereocenters. The first kappa shape index (κ1) is 18.1. The van der Waals surface area contributed by atoms with Crippen molar-refractivity contribution in [2.45, 2.75) is 6.92 Å². The molecule has 0 saturated carbocycles. The molecule has 2 heterocycles. The van der Waals surface area contributed by atoms with Crippen molar-refractivity contribution in [2.24, 2.45) is 10.1 Å². The number of nitrogens with zero attached hydrogens (tertiary/aromatic N) is 4. The maximum Gasteiger partial charge on any atom is 0.206 e. The Morgan fingerprint density at radius 3 is 2.75 bits per heavy atom. The topological polar surface area (TPSA) is 42.5 Å². The second-order valence-corrected chi connectivity index (χ2v) is 7.11. The van der Waals surface area contributed by atoms with Crippen molar-refractivity contribution in [3.05, 3.63) is 95.4 Å². The van der Waals surface area contributed by atoms with Gasteiger partial charge in [0.1, 0.15) is 0 Å². The van der Waals surface area contributed by atoms with Crippen LogP contribution in [0.25, 0.3) is 22.0 Å². The van der Waals surface area contributed by atoms with Gasteiger partial charge in [-0.25, -0.2) is 4.68 Å². The molecular formula is C23H20N4S. The largest absolute Gasteiger partial charge is 0.255 e. The van der Waals surface area contributed by atoms with Crippen molar-refractivity contribution in [3.63, 3.8) is 0 Å². The smallest absolute Gasteiger partial charge is 0.206 e. The third kappa shape index (κ3) is 3.57. The van der Waals surface area contributed by atoms with Crippen LogP contribution in [0.5, 0.6) is 0 Å². The fraction of sp³-hybridized carbons (Fsp3) is 0.0870. The summed E-state index contributed by atoms with van der Waals surface area (Å²) in [5.41, 5.74) is 3.83. The third-order valence-corrected chi connectivity index (χ3v) is 5.25. The lowest BCUT2D eigenvalue weighted by Crippen LogP contribution is -2.15. The van der Waals surface area contributed by atoms with Gasteiger partial charge in [0.25, 0.3) is 0 Å². The lowest BCUT2D eigenvalue weighted by Gasteiger charge is -2.09. The molecule has 0 bridgehead atoms. The summed E-state index contributed by atoms with van der Waals surface area (Å²) < 4.78 is 1.92. The number of hydrogen-bond acceptors (Lipinski definition) is 4. The molecule has 0 unspecified atom stereocenters. The summed E-state index contributed by atoms with van der Waals surface area (Å²) in [6.45, 7) is 6.29. The second kappa shape index (κ2) is 8.15. The standard InChI is InChI=1S/C23H20N4S/c1-3-14-25-23-27(26-17(2)21-13-6-7-15-24-21)22(16-28-23)20-12-8-10-18-9-4-5-11-19(18)20/h3-13,15-16H,1,14H2,2H3. The van der Waals surface area contributed by atoms with Crippen LogP contribution in [0.3, 0.4) is 0 Å². The van der Waals surface area contributed by atoms with Gasteiger partial charge in [-0.05, 0) is 29.8 Å². The van der Waals surface area contributed by atoms with Gasteiger partial charge in [0.2, 0.25) is 4.80 Å². The second-order valence-electron chi connectivity index (χ2n) is 6.27. The molecule has 4 nitrogen and oxygen atoms in total. The maximum absolute atomic E-state index is 4.88. The molecule has 0 radical (unpaired) electrons. The normalized spacial score (nSPS) is 12.5. The molecule has 28 heavy (non-hydrogen) atoms. The quantitative estimate of drug-likeness (QED) is 0.348. The molecule has 0 N–H and O–H groups in total. The number of aromatic nitrogens is 2. The first-order chi connectivity index (χ1) is 13.8. The fourth-order valence-electron chi connectivity index (χ4n) is 3.06. The SMILES string of the molecule is C=CCN=c1scc(-c2cccc3ccccc23)n1N=C(C)c1ccccn1. The Kier molecular flexibility index (Phi) is 5.26. The zero-order chi connectivity index (χ0) is 19.3. The van der Waals surface area contributed by atoms with Gasteiger partial charge < -0.3 is 0 Å². The summed E-state index contributed by atoms with van der Waals surface area (Å²) in [7, 11) is 0. The molecule has 0 aliphatic rings. The van der Waals surface area contributed by atoms with Crippen LogP contribution in [0.15, 0.2) is 95.0 Å². The van der Waals surface area contributed by atoms with E-state index in [0.717, 1.165) is 27.5 Å². The van der Waals surface area contributed by atoms with Crippen LogP contribution in [0.2, 0.25) is 0 Å². The average molecular weight is 385 g/mol. The summed E-state index contributed by atoms with van der Waals surface area (Å²) in [4.78, 5) is 9.88. The summed E-state index contributed by atoms with van der Waals surface area (Å²) in [5, 5.41) is 9.38. The van der Waals surface area contributed by atoms with E-state index in [1.54, 1.807) is 23.6 Å². The summed E-state index contributed by atoms with van der Waals surface area (Å²) in [6.07, 6.45) is 3.57. The van der Waals surface area contributed by atoms with E-state index < -0.39 is 0 Å². The van der Waals surface area contributed by atoms with E-state index in [0.29, 0.717) is 6.54 Å². The number of hydrogen-bond donors (Lipinski definition) is 0. The summed E-state index contributed by atoms with van der Waals surface area (Å²) in [6, 6.07) is 20.6. The molecule has 0 aliphatic heterocycles. The fourth-order valence-corrected chi connectivity index (χ4v) is 3.89. The van der Waals surface area contributed by atoms with Gasteiger partial charge >= 0.3 is 0 Å². The van der Waals surface area contributed by atoms with Crippen LogP contribution in [0.1, 0.15) is 12.6 Å².